The quantitative estimate of drug-likeness (QED) is 0.785. The molecule has 2 aliphatic rings. The monoisotopic (exact) mass is 323 g/mol. The van der Waals surface area contributed by atoms with Crippen LogP contribution in [-0.4, -0.2) is 41.9 Å². The van der Waals surface area contributed by atoms with Crippen LogP contribution in [0.2, 0.25) is 0 Å². The SMILES string of the molecule is CCC(N)(CC)CNC(=O)C1CCCCC1C(=O)N1CCCC1. The molecule has 0 aromatic rings. The molecular weight excluding hydrogens is 290 g/mol. The van der Waals surface area contributed by atoms with Gasteiger partial charge >= 0.3 is 0 Å². The van der Waals surface area contributed by atoms with Gasteiger partial charge in [-0.3, -0.25) is 9.59 Å². The van der Waals surface area contributed by atoms with Gasteiger partial charge in [-0.1, -0.05) is 26.7 Å². The number of hydrogen-bond acceptors (Lipinski definition) is 3. The average Bonchev–Trinajstić information content (AvgIpc) is 3.13. The summed E-state index contributed by atoms with van der Waals surface area (Å²) in [6.45, 7) is 6.33. The van der Waals surface area contributed by atoms with Crippen molar-refractivity contribution in [1.29, 1.82) is 0 Å². The summed E-state index contributed by atoms with van der Waals surface area (Å²) in [7, 11) is 0. The van der Waals surface area contributed by atoms with Crippen molar-refractivity contribution >= 4 is 11.8 Å². The Kier molecular flexibility index (Phi) is 6.45. The van der Waals surface area contributed by atoms with E-state index in [1.165, 1.54) is 0 Å². The molecule has 2 unspecified atom stereocenters. The van der Waals surface area contributed by atoms with Crippen LogP contribution in [0.25, 0.3) is 0 Å². The molecule has 5 heteroatoms. The summed E-state index contributed by atoms with van der Waals surface area (Å²) < 4.78 is 0. The molecule has 1 saturated carbocycles. The van der Waals surface area contributed by atoms with Gasteiger partial charge in [-0.15, -0.1) is 0 Å². The maximum absolute atomic E-state index is 12.7. The third-order valence-electron chi connectivity index (χ3n) is 5.86. The summed E-state index contributed by atoms with van der Waals surface area (Å²) in [5.74, 6) is -0.0709. The maximum atomic E-state index is 12.7. The van der Waals surface area contributed by atoms with Crippen LogP contribution in [0.15, 0.2) is 0 Å². The molecule has 3 N–H and O–H groups in total. The number of amides is 2. The van der Waals surface area contributed by atoms with E-state index in [9.17, 15) is 9.59 Å². The number of carbonyl (C=O) groups is 2. The number of nitrogens with one attached hydrogen (secondary N) is 1. The summed E-state index contributed by atoms with van der Waals surface area (Å²) >= 11 is 0. The molecule has 5 nitrogen and oxygen atoms in total. The lowest BCUT2D eigenvalue weighted by Gasteiger charge is -2.34. The van der Waals surface area contributed by atoms with Crippen molar-refractivity contribution in [2.45, 2.75) is 70.8 Å². The first-order valence-electron chi connectivity index (χ1n) is 9.36. The van der Waals surface area contributed by atoms with Crippen molar-refractivity contribution in [3.63, 3.8) is 0 Å². The summed E-state index contributed by atoms with van der Waals surface area (Å²) in [4.78, 5) is 27.4. The lowest BCUT2D eigenvalue weighted by Crippen LogP contribution is -2.52. The highest BCUT2D eigenvalue weighted by Gasteiger charge is 2.38. The van der Waals surface area contributed by atoms with Crippen LogP contribution in [0.5, 0.6) is 0 Å². The van der Waals surface area contributed by atoms with Crippen molar-refractivity contribution in [2.24, 2.45) is 17.6 Å². The molecule has 2 atom stereocenters. The maximum Gasteiger partial charge on any atom is 0.226 e. The molecule has 0 bridgehead atoms. The Balaban J connectivity index is 1.96. The van der Waals surface area contributed by atoms with Crippen LogP contribution in [0.4, 0.5) is 0 Å². The van der Waals surface area contributed by atoms with E-state index < -0.39 is 0 Å². The van der Waals surface area contributed by atoms with E-state index in [4.69, 9.17) is 5.73 Å². The van der Waals surface area contributed by atoms with Crippen LogP contribution in [-0.2, 0) is 9.59 Å². The fourth-order valence-corrected chi connectivity index (χ4v) is 3.81. The van der Waals surface area contributed by atoms with Gasteiger partial charge < -0.3 is 16.0 Å². The Labute approximate surface area is 140 Å². The van der Waals surface area contributed by atoms with Crippen molar-refractivity contribution in [3.8, 4) is 0 Å². The van der Waals surface area contributed by atoms with Crippen LogP contribution >= 0.6 is 0 Å². The highest BCUT2D eigenvalue weighted by atomic mass is 16.2. The third kappa shape index (κ3) is 4.46. The van der Waals surface area contributed by atoms with E-state index in [1.807, 2.05) is 4.90 Å². The number of rotatable bonds is 6. The number of nitrogens with zero attached hydrogens (tertiary/aromatic N) is 1. The molecule has 132 valence electrons. The molecule has 0 aromatic carbocycles. The molecule has 2 fully saturated rings. The van der Waals surface area contributed by atoms with E-state index in [0.29, 0.717) is 6.54 Å². The van der Waals surface area contributed by atoms with Gasteiger partial charge in [0.2, 0.25) is 11.8 Å². The number of hydrogen-bond donors (Lipinski definition) is 2. The Morgan fingerprint density at radius 1 is 1.04 bits per heavy atom. The fraction of sp³-hybridized carbons (Fsp3) is 0.889. The largest absolute Gasteiger partial charge is 0.354 e. The summed E-state index contributed by atoms with van der Waals surface area (Å²) in [6.07, 6.45) is 7.63. The molecule has 2 rings (SSSR count). The lowest BCUT2D eigenvalue weighted by atomic mass is 9.77. The van der Waals surface area contributed by atoms with Crippen molar-refractivity contribution < 1.29 is 9.59 Å². The van der Waals surface area contributed by atoms with Gasteiger partial charge in [-0.05, 0) is 38.5 Å². The molecular formula is C18H33N3O2. The lowest BCUT2D eigenvalue weighted by molar-refractivity contribution is -0.143. The Morgan fingerprint density at radius 2 is 1.61 bits per heavy atom. The highest BCUT2D eigenvalue weighted by molar-refractivity contribution is 5.88. The number of nitrogens with two attached hydrogens (primary N) is 1. The molecule has 1 saturated heterocycles. The smallest absolute Gasteiger partial charge is 0.226 e. The van der Waals surface area contributed by atoms with E-state index in [1.54, 1.807) is 0 Å². The zero-order valence-corrected chi connectivity index (χ0v) is 14.8. The molecule has 1 aliphatic carbocycles. The molecule has 0 aromatic heterocycles. The highest BCUT2D eigenvalue weighted by Crippen LogP contribution is 2.32. The molecule has 0 radical (unpaired) electrons. The summed E-state index contributed by atoms with van der Waals surface area (Å²) in [5.41, 5.74) is 5.94. The van der Waals surface area contributed by atoms with Crippen LogP contribution in [0.3, 0.4) is 0 Å². The topological polar surface area (TPSA) is 75.4 Å². The van der Waals surface area contributed by atoms with Crippen molar-refractivity contribution in [1.82, 2.24) is 10.2 Å². The minimum absolute atomic E-state index is 0.0268. The normalized spacial score (nSPS) is 25.4. The first-order valence-corrected chi connectivity index (χ1v) is 9.36. The second kappa shape index (κ2) is 8.13. The molecule has 0 spiro atoms. The van der Waals surface area contributed by atoms with E-state index in [2.05, 4.69) is 19.2 Å². The second-order valence-electron chi connectivity index (χ2n) is 7.32. The number of carbonyl (C=O) groups excluding carboxylic acids is 2. The minimum Gasteiger partial charge on any atom is -0.354 e. The third-order valence-corrected chi connectivity index (χ3v) is 5.86. The van der Waals surface area contributed by atoms with Crippen molar-refractivity contribution in [2.75, 3.05) is 19.6 Å². The van der Waals surface area contributed by atoms with Gasteiger partial charge in [0.15, 0.2) is 0 Å². The Morgan fingerprint density at radius 3 is 2.17 bits per heavy atom. The standard InChI is InChI=1S/C18H33N3O2/c1-3-18(19,4-2)13-20-16(22)14-9-5-6-10-15(14)17(23)21-11-7-8-12-21/h14-15H,3-13,19H2,1-2H3,(H,20,22). The van der Waals surface area contributed by atoms with Gasteiger partial charge in [0.25, 0.3) is 0 Å². The predicted octanol–water partition coefficient (Wildman–Crippen LogP) is 2.05. The zero-order chi connectivity index (χ0) is 16.9. The van der Waals surface area contributed by atoms with Gasteiger partial charge in [-0.2, -0.15) is 0 Å². The van der Waals surface area contributed by atoms with E-state index >= 15 is 0 Å². The Hall–Kier alpha value is -1.10. The van der Waals surface area contributed by atoms with Crippen LogP contribution in [0, 0.1) is 11.8 Å². The average molecular weight is 323 g/mol. The molecule has 1 heterocycles. The fourth-order valence-electron chi connectivity index (χ4n) is 3.81. The molecule has 23 heavy (non-hydrogen) atoms. The van der Waals surface area contributed by atoms with Crippen LogP contribution in [0.1, 0.15) is 65.2 Å². The van der Waals surface area contributed by atoms with Gasteiger partial charge in [-0.25, -0.2) is 0 Å². The molecule has 1 aliphatic heterocycles. The second-order valence-corrected chi connectivity index (χ2v) is 7.32. The van der Waals surface area contributed by atoms with E-state index in [-0.39, 0.29) is 29.2 Å². The first-order chi connectivity index (χ1) is 11.0. The Bertz CT molecular complexity index is 414. The van der Waals surface area contributed by atoms with Crippen molar-refractivity contribution in [3.05, 3.63) is 0 Å². The van der Waals surface area contributed by atoms with Gasteiger partial charge in [0.05, 0.1) is 0 Å². The van der Waals surface area contributed by atoms with E-state index in [0.717, 1.165) is 64.5 Å². The van der Waals surface area contributed by atoms with Crippen LogP contribution < -0.4 is 11.1 Å². The summed E-state index contributed by atoms with van der Waals surface area (Å²) in [6, 6.07) is 0. The zero-order valence-electron chi connectivity index (χ0n) is 14.8. The van der Waals surface area contributed by atoms with Gasteiger partial charge in [0, 0.05) is 37.0 Å². The van der Waals surface area contributed by atoms with Gasteiger partial charge in [0.1, 0.15) is 0 Å². The number of likely N-dealkylation sites (tertiary alicyclic amines) is 1. The predicted molar refractivity (Wildman–Crippen MR) is 91.8 cm³/mol. The minimum atomic E-state index is -0.335. The first kappa shape index (κ1) is 18.2. The summed E-state index contributed by atoms with van der Waals surface area (Å²) in [5, 5.41) is 3.04. The molecule has 2 amide bonds.